The van der Waals surface area contributed by atoms with Gasteiger partial charge in [-0.05, 0) is 12.8 Å². The van der Waals surface area contributed by atoms with Crippen molar-refractivity contribution in [1.82, 2.24) is 0 Å². The fourth-order valence-corrected chi connectivity index (χ4v) is 2.92. The first kappa shape index (κ1) is 20.9. The number of hydrogen-bond acceptors (Lipinski definition) is 1. The summed E-state index contributed by atoms with van der Waals surface area (Å²) in [6.07, 6.45) is 22.3. The molecule has 0 aliphatic carbocycles. The summed E-state index contributed by atoms with van der Waals surface area (Å²) in [4.78, 5) is 0. The Hall–Kier alpha value is -0.0800. The molecule has 0 aliphatic rings. The van der Waals surface area contributed by atoms with Gasteiger partial charge in [0.15, 0.2) is 0 Å². The summed E-state index contributed by atoms with van der Waals surface area (Å²) in [5.74, 6) is 0. The normalized spacial score (nSPS) is 12.7. The lowest BCUT2D eigenvalue weighted by molar-refractivity contribution is -0.826. The maximum atomic E-state index is 10.8. The summed E-state index contributed by atoms with van der Waals surface area (Å²) in [6.45, 7) is 3.07. The summed E-state index contributed by atoms with van der Waals surface area (Å²) >= 11 is 0. The van der Waals surface area contributed by atoms with Gasteiger partial charge in [0.25, 0.3) is 0 Å². The fraction of sp³-hybridized carbons (Fsp3) is 1.00. The van der Waals surface area contributed by atoms with E-state index in [9.17, 15) is 5.21 Å². The molecular formula is C19H41NO. The molecule has 0 spiro atoms. The first-order valence-electron chi connectivity index (χ1n) is 9.76. The molecule has 2 heteroatoms. The Balaban J connectivity index is 2.93. The average molecular weight is 300 g/mol. The predicted molar refractivity (Wildman–Crippen MR) is 94.7 cm³/mol. The van der Waals surface area contributed by atoms with Gasteiger partial charge in [-0.15, -0.1) is 0 Å². The van der Waals surface area contributed by atoms with E-state index in [2.05, 4.69) is 6.92 Å². The van der Waals surface area contributed by atoms with Crippen LogP contribution in [0.5, 0.6) is 0 Å². The molecule has 128 valence electrons. The van der Waals surface area contributed by atoms with Crippen molar-refractivity contribution in [3.05, 3.63) is 5.21 Å². The molecule has 21 heavy (non-hydrogen) atoms. The molecule has 0 aromatic rings. The van der Waals surface area contributed by atoms with Gasteiger partial charge in [0.2, 0.25) is 0 Å². The molecule has 1 N–H and O–H groups in total. The molecule has 0 aromatic carbocycles. The molecule has 0 saturated heterocycles. The lowest BCUT2D eigenvalue weighted by atomic mass is 10.0. The van der Waals surface area contributed by atoms with Gasteiger partial charge in [-0.3, -0.25) is 0 Å². The highest BCUT2D eigenvalue weighted by molar-refractivity contribution is 4.49. The quantitative estimate of drug-likeness (QED) is 0.288. The number of hydrogen-bond donors (Lipinski definition) is 1. The van der Waals surface area contributed by atoms with E-state index in [1.54, 1.807) is 7.05 Å². The van der Waals surface area contributed by atoms with Crippen molar-refractivity contribution in [1.29, 1.82) is 0 Å². The van der Waals surface area contributed by atoms with Crippen molar-refractivity contribution < 1.29 is 5.06 Å². The second kappa shape index (κ2) is 18.0. The van der Waals surface area contributed by atoms with Crippen LogP contribution in [0.25, 0.3) is 0 Å². The molecule has 0 aromatic heterocycles. The van der Waals surface area contributed by atoms with Gasteiger partial charge < -0.3 is 10.3 Å². The average Bonchev–Trinajstić information content (AvgIpc) is 2.46. The van der Waals surface area contributed by atoms with E-state index >= 15 is 0 Å². The third-order valence-electron chi connectivity index (χ3n) is 4.38. The summed E-state index contributed by atoms with van der Waals surface area (Å²) in [6, 6.07) is 0. The second-order valence-corrected chi connectivity index (χ2v) is 6.76. The van der Waals surface area contributed by atoms with Crippen LogP contribution in [0.2, 0.25) is 0 Å². The predicted octanol–water partition coefficient (Wildman–Crippen LogP) is 5.26. The Morgan fingerprint density at radius 1 is 0.524 bits per heavy atom. The Bertz CT molecular complexity index is 182. The van der Waals surface area contributed by atoms with E-state index in [4.69, 9.17) is 0 Å². The van der Waals surface area contributed by atoms with Crippen molar-refractivity contribution in [3.63, 3.8) is 0 Å². The van der Waals surface area contributed by atoms with E-state index in [0.29, 0.717) is 5.06 Å². The molecule has 1 atom stereocenters. The minimum absolute atomic E-state index is 0.348. The van der Waals surface area contributed by atoms with Gasteiger partial charge >= 0.3 is 0 Å². The van der Waals surface area contributed by atoms with Gasteiger partial charge in [0, 0.05) is 0 Å². The number of quaternary nitrogens is 1. The van der Waals surface area contributed by atoms with E-state index in [1.807, 2.05) is 0 Å². The Labute approximate surface area is 134 Å². The standard InChI is InChI=1S/C19H41NO/c1-3-4-5-6-7-8-9-10-11-12-13-14-15-16-17-18-19-20(2)21/h20H,3-19H2,1-2H3. The first-order chi connectivity index (χ1) is 10.3. The topological polar surface area (TPSA) is 27.5 Å². The molecule has 0 heterocycles. The largest absolute Gasteiger partial charge is 0.634 e. The Kier molecular flexibility index (Phi) is 17.9. The molecule has 0 radical (unpaired) electrons. The van der Waals surface area contributed by atoms with Crippen LogP contribution in [-0.4, -0.2) is 13.6 Å². The zero-order valence-electron chi connectivity index (χ0n) is 14.9. The highest BCUT2D eigenvalue weighted by Crippen LogP contribution is 2.13. The number of rotatable bonds is 17. The third-order valence-corrected chi connectivity index (χ3v) is 4.38. The van der Waals surface area contributed by atoms with Crippen molar-refractivity contribution >= 4 is 0 Å². The van der Waals surface area contributed by atoms with E-state index in [-0.39, 0.29) is 0 Å². The van der Waals surface area contributed by atoms with Crippen LogP contribution < -0.4 is 5.06 Å². The van der Waals surface area contributed by atoms with Crippen molar-refractivity contribution in [2.75, 3.05) is 13.6 Å². The second-order valence-electron chi connectivity index (χ2n) is 6.76. The van der Waals surface area contributed by atoms with Crippen LogP contribution in [0.3, 0.4) is 0 Å². The van der Waals surface area contributed by atoms with Gasteiger partial charge in [0.05, 0.1) is 13.6 Å². The molecule has 0 rings (SSSR count). The van der Waals surface area contributed by atoms with Crippen molar-refractivity contribution in [2.24, 2.45) is 0 Å². The van der Waals surface area contributed by atoms with Crippen molar-refractivity contribution in [2.45, 2.75) is 110 Å². The molecular weight excluding hydrogens is 258 g/mol. The minimum atomic E-state index is 0.348. The number of nitrogens with one attached hydrogen (secondary N) is 1. The number of hydroxylamine groups is 2. The highest BCUT2D eigenvalue weighted by atomic mass is 16.5. The smallest absolute Gasteiger partial charge is 0.0766 e. The van der Waals surface area contributed by atoms with Gasteiger partial charge in [-0.1, -0.05) is 96.8 Å². The SMILES string of the molecule is CCCCCCCCCCCCCCCCCC[NH+](C)[O-]. The minimum Gasteiger partial charge on any atom is -0.634 e. The van der Waals surface area contributed by atoms with Crippen LogP contribution in [0.1, 0.15) is 110 Å². The zero-order chi connectivity index (χ0) is 15.6. The molecule has 0 aliphatic heterocycles. The van der Waals surface area contributed by atoms with E-state index < -0.39 is 0 Å². The molecule has 1 unspecified atom stereocenters. The maximum Gasteiger partial charge on any atom is 0.0766 e. The third kappa shape index (κ3) is 19.9. The monoisotopic (exact) mass is 299 g/mol. The summed E-state index contributed by atoms with van der Waals surface area (Å²) < 4.78 is 0. The number of unbranched alkanes of at least 4 members (excludes halogenated alkanes) is 15. The molecule has 2 nitrogen and oxygen atoms in total. The lowest BCUT2D eigenvalue weighted by Crippen LogP contribution is -3.03. The van der Waals surface area contributed by atoms with Crippen LogP contribution >= 0.6 is 0 Å². The maximum absolute atomic E-state index is 10.8. The zero-order valence-corrected chi connectivity index (χ0v) is 14.9. The van der Waals surface area contributed by atoms with Gasteiger partial charge in [-0.2, -0.15) is 0 Å². The van der Waals surface area contributed by atoms with Crippen LogP contribution in [0.4, 0.5) is 0 Å². The summed E-state index contributed by atoms with van der Waals surface area (Å²) in [5.41, 5.74) is 0. The van der Waals surface area contributed by atoms with Gasteiger partial charge in [-0.25, -0.2) is 0 Å². The molecule has 0 amide bonds. The van der Waals surface area contributed by atoms with Crippen molar-refractivity contribution in [3.8, 4) is 0 Å². The van der Waals surface area contributed by atoms with Crippen LogP contribution in [0, 0.1) is 5.21 Å². The lowest BCUT2D eigenvalue weighted by Gasteiger charge is -2.15. The first-order valence-corrected chi connectivity index (χ1v) is 9.76. The van der Waals surface area contributed by atoms with E-state index in [0.717, 1.165) is 13.0 Å². The van der Waals surface area contributed by atoms with E-state index in [1.165, 1.54) is 96.3 Å². The summed E-state index contributed by atoms with van der Waals surface area (Å²) in [5, 5.41) is 11.1. The van der Waals surface area contributed by atoms with Crippen LogP contribution in [-0.2, 0) is 0 Å². The Morgan fingerprint density at radius 3 is 1.10 bits per heavy atom. The fourth-order valence-electron chi connectivity index (χ4n) is 2.92. The Morgan fingerprint density at radius 2 is 0.810 bits per heavy atom. The molecule has 0 fully saturated rings. The van der Waals surface area contributed by atoms with Crippen LogP contribution in [0.15, 0.2) is 0 Å². The molecule has 0 bridgehead atoms. The summed E-state index contributed by atoms with van der Waals surface area (Å²) in [7, 11) is 1.70. The highest BCUT2D eigenvalue weighted by Gasteiger charge is 1.95. The molecule has 0 saturated carbocycles. The van der Waals surface area contributed by atoms with Gasteiger partial charge in [0.1, 0.15) is 0 Å².